The van der Waals surface area contributed by atoms with Crippen molar-refractivity contribution in [2.24, 2.45) is 0 Å². The molecule has 4 aliphatic rings. The minimum atomic E-state index is -1.51. The minimum absolute atomic E-state index is 0.00978. The monoisotopic (exact) mass is 957 g/mol. The van der Waals surface area contributed by atoms with Crippen LogP contribution in [0.3, 0.4) is 0 Å². The average Bonchev–Trinajstić information content (AvgIpc) is 3.66. The SMILES string of the molecule is Cc1cc2c3c(c1)N(c1ccc4c(c1)C(C)(C)CCC4(C)C)c1c(sc4cc5c(cc14)C(C)(C)CCC5(C)C)B3c1ccc(C(C)C)cc1N2c1ccc(C(C)(C)C)cc1-c1ccc([Si](C)(C)C)cc1. The van der Waals surface area contributed by atoms with Crippen LogP contribution in [0.25, 0.3) is 21.2 Å². The predicted molar refractivity (Wildman–Crippen MR) is 312 cm³/mol. The molecule has 11 rings (SSSR count). The molecule has 2 nitrogen and oxygen atoms in total. The number of rotatable bonds is 5. The number of hydrogen-bond donors (Lipinski definition) is 0. The van der Waals surface area contributed by atoms with E-state index in [1.165, 1.54) is 141 Å². The van der Waals surface area contributed by atoms with Gasteiger partial charge in [0.2, 0.25) is 0 Å². The molecule has 0 bridgehead atoms. The summed E-state index contributed by atoms with van der Waals surface area (Å²) in [5, 5.41) is 2.90. The van der Waals surface area contributed by atoms with E-state index in [0.717, 1.165) is 0 Å². The lowest BCUT2D eigenvalue weighted by atomic mass is 9.36. The molecule has 5 heteroatoms. The fraction of sp³-hybridized carbons (Fsp3) is 0.415. The number of thiophene rings is 1. The average molecular weight is 957 g/mol. The second-order valence-corrected chi connectivity index (χ2v) is 33.2. The van der Waals surface area contributed by atoms with Crippen molar-refractivity contribution < 1.29 is 0 Å². The van der Waals surface area contributed by atoms with E-state index < -0.39 is 8.07 Å². The van der Waals surface area contributed by atoms with E-state index in [0.29, 0.717) is 5.92 Å². The molecule has 0 fully saturated rings. The number of anilines is 6. The molecule has 6 aromatic carbocycles. The van der Waals surface area contributed by atoms with Gasteiger partial charge in [0, 0.05) is 43.2 Å². The van der Waals surface area contributed by atoms with Gasteiger partial charge in [0.05, 0.1) is 19.4 Å². The van der Waals surface area contributed by atoms with Gasteiger partial charge in [0.15, 0.2) is 0 Å². The fourth-order valence-electron chi connectivity index (χ4n) is 12.9. The molecule has 2 aliphatic heterocycles. The first kappa shape index (κ1) is 47.5. The molecule has 7 aromatic rings. The lowest BCUT2D eigenvalue weighted by Crippen LogP contribution is -2.60. The highest BCUT2D eigenvalue weighted by Gasteiger charge is 2.48. The van der Waals surface area contributed by atoms with Crippen molar-refractivity contribution in [1.29, 1.82) is 0 Å². The molecule has 360 valence electrons. The van der Waals surface area contributed by atoms with Gasteiger partial charge in [-0.15, -0.1) is 11.3 Å². The van der Waals surface area contributed by atoms with Crippen LogP contribution in [0, 0.1) is 6.92 Å². The summed E-state index contributed by atoms with van der Waals surface area (Å²) in [7, 11) is -1.51. The van der Waals surface area contributed by atoms with Crippen LogP contribution in [0.1, 0.15) is 161 Å². The zero-order valence-electron chi connectivity index (χ0n) is 45.6. The Morgan fingerprint density at radius 3 is 1.77 bits per heavy atom. The first-order valence-corrected chi connectivity index (χ1v) is 30.9. The van der Waals surface area contributed by atoms with Crippen LogP contribution in [0.5, 0.6) is 0 Å². The van der Waals surface area contributed by atoms with Gasteiger partial charge in [0.1, 0.15) is 0 Å². The minimum Gasteiger partial charge on any atom is -0.311 e. The fourth-order valence-corrected chi connectivity index (χ4v) is 15.4. The molecule has 0 atom stereocenters. The summed E-state index contributed by atoms with van der Waals surface area (Å²) in [5.41, 5.74) is 23.7. The maximum absolute atomic E-state index is 2.74. The molecule has 0 saturated carbocycles. The number of nitrogens with zero attached hydrogens (tertiary/aromatic N) is 2. The Hall–Kier alpha value is -4.84. The van der Waals surface area contributed by atoms with Crippen molar-refractivity contribution in [3.63, 3.8) is 0 Å². The summed E-state index contributed by atoms with van der Waals surface area (Å²) < 4.78 is 2.88. The van der Waals surface area contributed by atoms with E-state index in [1.54, 1.807) is 0 Å². The van der Waals surface area contributed by atoms with Crippen LogP contribution < -0.4 is 30.7 Å². The molecule has 3 heterocycles. The van der Waals surface area contributed by atoms with E-state index >= 15 is 0 Å². The lowest BCUT2D eigenvalue weighted by molar-refractivity contribution is 0.332. The topological polar surface area (TPSA) is 6.48 Å². The molecule has 70 heavy (non-hydrogen) atoms. The van der Waals surface area contributed by atoms with Gasteiger partial charge in [-0.3, -0.25) is 0 Å². The number of aryl methyl sites for hydroxylation is 1. The van der Waals surface area contributed by atoms with E-state index in [2.05, 4.69) is 241 Å². The smallest absolute Gasteiger partial charge is 0.264 e. The third-order valence-electron chi connectivity index (χ3n) is 17.7. The summed E-state index contributed by atoms with van der Waals surface area (Å²) in [6.07, 6.45) is 4.79. The largest absolute Gasteiger partial charge is 0.311 e. The van der Waals surface area contributed by atoms with Crippen LogP contribution in [-0.4, -0.2) is 14.8 Å². The predicted octanol–water partition coefficient (Wildman–Crippen LogP) is 16.6. The number of hydrogen-bond acceptors (Lipinski definition) is 3. The molecule has 0 saturated heterocycles. The van der Waals surface area contributed by atoms with Crippen LogP contribution in [0.15, 0.2) is 103 Å². The Labute approximate surface area is 427 Å². The molecule has 0 radical (unpaired) electrons. The summed E-state index contributed by atoms with van der Waals surface area (Å²) in [5.74, 6) is 0.386. The molecular formula is C65H77BN2SSi. The molecular weight excluding hydrogens is 880 g/mol. The quantitative estimate of drug-likeness (QED) is 0.159. The highest BCUT2D eigenvalue weighted by atomic mass is 32.1. The van der Waals surface area contributed by atoms with E-state index in [1.807, 2.05) is 0 Å². The lowest BCUT2D eigenvalue weighted by Gasteiger charge is -2.45. The number of benzene rings is 6. The highest BCUT2D eigenvalue weighted by Crippen LogP contribution is 2.55. The van der Waals surface area contributed by atoms with E-state index in [9.17, 15) is 0 Å². The summed E-state index contributed by atoms with van der Waals surface area (Å²) in [6, 6.07) is 42.5. The van der Waals surface area contributed by atoms with Gasteiger partial charge in [-0.25, -0.2) is 0 Å². The first-order chi connectivity index (χ1) is 32.7. The van der Waals surface area contributed by atoms with Crippen molar-refractivity contribution in [3.05, 3.63) is 142 Å². The summed E-state index contributed by atoms with van der Waals surface area (Å²) in [4.78, 5) is 5.43. The third-order valence-corrected chi connectivity index (χ3v) is 21.0. The Morgan fingerprint density at radius 1 is 0.586 bits per heavy atom. The van der Waals surface area contributed by atoms with Gasteiger partial charge in [-0.05, 0) is 176 Å². The van der Waals surface area contributed by atoms with Crippen LogP contribution >= 0.6 is 11.3 Å². The standard InChI is InChI=1S/C65H77BN2SSi/c1-39(2)42-20-26-52-54(34-42)68(53-27-21-43(61(4,5)6)35-46(53)41-18-23-45(24-19-41)70(15,16)17)56-33-40(3)32-55-58(56)66(52)60-59(47-37-50-51(38-57(47)69-60)65(13,14)31-30-64(50,11)12)67(55)44-22-25-48-49(36-44)63(9,10)29-28-62(48,7)8/h18-27,32-39H,28-31H2,1-17H3. The van der Waals surface area contributed by atoms with Crippen molar-refractivity contribution in [2.45, 2.75) is 175 Å². The third kappa shape index (κ3) is 7.36. The van der Waals surface area contributed by atoms with Gasteiger partial charge in [-0.1, -0.05) is 163 Å². The van der Waals surface area contributed by atoms with Gasteiger partial charge >= 0.3 is 0 Å². The molecule has 2 aliphatic carbocycles. The maximum atomic E-state index is 2.74. The van der Waals surface area contributed by atoms with Crippen molar-refractivity contribution in [2.75, 3.05) is 9.80 Å². The molecule has 1 aromatic heterocycles. The van der Waals surface area contributed by atoms with E-state index in [-0.39, 0.29) is 33.8 Å². The van der Waals surface area contributed by atoms with Gasteiger partial charge < -0.3 is 9.80 Å². The Bertz CT molecular complexity index is 3290. The molecule has 0 N–H and O–H groups in total. The van der Waals surface area contributed by atoms with Crippen molar-refractivity contribution >= 4 is 91.2 Å². The van der Waals surface area contributed by atoms with Gasteiger partial charge in [0.25, 0.3) is 6.71 Å². The van der Waals surface area contributed by atoms with Crippen LogP contribution in [0.2, 0.25) is 19.6 Å². The van der Waals surface area contributed by atoms with Crippen LogP contribution in [-0.2, 0) is 27.1 Å². The number of fused-ring (bicyclic) bond motifs is 8. The zero-order valence-corrected chi connectivity index (χ0v) is 47.4. The first-order valence-electron chi connectivity index (χ1n) is 26.6. The summed E-state index contributed by atoms with van der Waals surface area (Å²) >= 11 is 2.07. The van der Waals surface area contributed by atoms with E-state index in [4.69, 9.17) is 0 Å². The van der Waals surface area contributed by atoms with Gasteiger partial charge in [-0.2, -0.15) is 0 Å². The Kier molecular flexibility index (Phi) is 10.6. The van der Waals surface area contributed by atoms with Crippen molar-refractivity contribution in [1.82, 2.24) is 0 Å². The normalized spacial score (nSPS) is 18.3. The second kappa shape index (κ2) is 15.6. The molecule has 0 unspecified atom stereocenters. The molecule has 0 amide bonds. The summed E-state index contributed by atoms with van der Waals surface area (Å²) in [6.45, 7) is 41.3. The highest BCUT2D eigenvalue weighted by molar-refractivity contribution is 7.33. The second-order valence-electron chi connectivity index (χ2n) is 27.1. The Morgan fingerprint density at radius 2 is 1.17 bits per heavy atom. The van der Waals surface area contributed by atoms with Crippen LogP contribution in [0.4, 0.5) is 34.1 Å². The zero-order chi connectivity index (χ0) is 50.0. The Balaban J connectivity index is 1.25. The molecule has 0 spiro atoms. The maximum Gasteiger partial charge on any atom is 0.264 e. The van der Waals surface area contributed by atoms with Crippen molar-refractivity contribution in [3.8, 4) is 11.1 Å².